The van der Waals surface area contributed by atoms with Crippen molar-refractivity contribution in [2.75, 3.05) is 24.1 Å². The number of nitrogens with one attached hydrogen (secondary N) is 1. The Hall–Kier alpha value is -2.50. The van der Waals surface area contributed by atoms with E-state index < -0.39 is 0 Å². The van der Waals surface area contributed by atoms with Crippen LogP contribution in [0.25, 0.3) is 0 Å². The van der Waals surface area contributed by atoms with Crippen molar-refractivity contribution in [2.24, 2.45) is 0 Å². The van der Waals surface area contributed by atoms with Crippen LogP contribution in [0, 0.1) is 13.8 Å². The molecule has 0 aliphatic carbocycles. The van der Waals surface area contributed by atoms with Crippen molar-refractivity contribution in [3.63, 3.8) is 0 Å². The Kier molecular flexibility index (Phi) is 4.23. The van der Waals surface area contributed by atoms with Crippen LogP contribution in [-0.2, 0) is 0 Å². The number of likely N-dealkylation sites (tertiary alicyclic amines) is 1. The van der Waals surface area contributed by atoms with Gasteiger partial charge in [-0.1, -0.05) is 11.2 Å². The molecule has 1 fully saturated rings. The van der Waals surface area contributed by atoms with E-state index in [-0.39, 0.29) is 6.03 Å². The fourth-order valence-electron chi connectivity index (χ4n) is 2.90. The third-order valence-corrected chi connectivity index (χ3v) is 4.51. The number of amides is 2. The Morgan fingerprint density at radius 3 is 2.61 bits per heavy atom. The maximum Gasteiger partial charge on any atom is 0.321 e. The van der Waals surface area contributed by atoms with Crippen LogP contribution in [0.2, 0.25) is 0 Å². The third-order valence-electron chi connectivity index (χ3n) is 4.51. The molecule has 3 rings (SSSR count). The summed E-state index contributed by atoms with van der Waals surface area (Å²) in [5.41, 5.74) is 9.68. The molecule has 122 valence electrons. The first-order valence-electron chi connectivity index (χ1n) is 7.88. The summed E-state index contributed by atoms with van der Waals surface area (Å²) >= 11 is 0. The van der Waals surface area contributed by atoms with Gasteiger partial charge in [-0.15, -0.1) is 0 Å². The summed E-state index contributed by atoms with van der Waals surface area (Å²) in [5.74, 6) is 0.650. The van der Waals surface area contributed by atoms with E-state index in [9.17, 15) is 4.79 Å². The Morgan fingerprint density at radius 1 is 1.26 bits per heavy atom. The highest BCUT2D eigenvalue weighted by Crippen LogP contribution is 2.28. The van der Waals surface area contributed by atoms with Gasteiger partial charge in [0.25, 0.3) is 0 Å². The van der Waals surface area contributed by atoms with Gasteiger partial charge in [0.2, 0.25) is 5.88 Å². The second-order valence-corrected chi connectivity index (χ2v) is 6.14. The van der Waals surface area contributed by atoms with Gasteiger partial charge in [-0.05, 0) is 49.9 Å². The molecule has 1 aliphatic heterocycles. The Bertz CT molecular complexity index is 702. The highest BCUT2D eigenvalue weighted by atomic mass is 16.5. The summed E-state index contributed by atoms with van der Waals surface area (Å²) in [4.78, 5) is 14.2. The highest BCUT2D eigenvalue weighted by Gasteiger charge is 2.25. The second-order valence-electron chi connectivity index (χ2n) is 6.14. The van der Waals surface area contributed by atoms with Crippen LogP contribution in [0.3, 0.4) is 0 Å². The quantitative estimate of drug-likeness (QED) is 0.891. The number of nitrogens with two attached hydrogens (primary N) is 1. The molecule has 23 heavy (non-hydrogen) atoms. The lowest BCUT2D eigenvalue weighted by molar-refractivity contribution is 0.193. The molecule has 0 saturated carbocycles. The van der Waals surface area contributed by atoms with Crippen LogP contribution in [0.15, 0.2) is 28.8 Å². The van der Waals surface area contributed by atoms with E-state index in [1.54, 1.807) is 6.07 Å². The summed E-state index contributed by atoms with van der Waals surface area (Å²) in [6.07, 6.45) is 1.73. The molecule has 2 aromatic rings. The summed E-state index contributed by atoms with van der Waals surface area (Å²) in [7, 11) is 0. The van der Waals surface area contributed by atoms with Crippen molar-refractivity contribution in [3.8, 4) is 0 Å². The van der Waals surface area contributed by atoms with Gasteiger partial charge in [-0.2, -0.15) is 0 Å². The van der Waals surface area contributed by atoms with Gasteiger partial charge >= 0.3 is 6.03 Å². The first kappa shape index (κ1) is 15.4. The molecule has 0 unspecified atom stereocenters. The topological polar surface area (TPSA) is 84.4 Å². The third kappa shape index (κ3) is 3.47. The molecule has 0 bridgehead atoms. The number of piperidine rings is 1. The predicted octanol–water partition coefficient (Wildman–Crippen LogP) is 3.29. The number of nitrogen functional groups attached to an aromatic ring is 1. The average Bonchev–Trinajstić information content (AvgIpc) is 2.97. The lowest BCUT2D eigenvalue weighted by Gasteiger charge is -2.31. The van der Waals surface area contributed by atoms with Crippen molar-refractivity contribution in [3.05, 3.63) is 41.1 Å². The molecule has 1 saturated heterocycles. The molecule has 1 aromatic heterocycles. The molecule has 2 heterocycles. The van der Waals surface area contributed by atoms with Crippen LogP contribution < -0.4 is 11.1 Å². The molecular weight excluding hydrogens is 292 g/mol. The van der Waals surface area contributed by atoms with Gasteiger partial charge in [-0.3, -0.25) is 0 Å². The van der Waals surface area contributed by atoms with E-state index in [2.05, 4.69) is 17.4 Å². The Labute approximate surface area is 135 Å². The lowest BCUT2D eigenvalue weighted by Crippen LogP contribution is -2.40. The molecule has 3 N–H and O–H groups in total. The first-order valence-corrected chi connectivity index (χ1v) is 7.88. The maximum absolute atomic E-state index is 12.4. The highest BCUT2D eigenvalue weighted by molar-refractivity contribution is 5.89. The zero-order valence-corrected chi connectivity index (χ0v) is 13.5. The lowest BCUT2D eigenvalue weighted by atomic mass is 9.94. The van der Waals surface area contributed by atoms with Crippen molar-refractivity contribution >= 4 is 17.6 Å². The number of urea groups is 1. The molecule has 2 amide bonds. The summed E-state index contributed by atoms with van der Waals surface area (Å²) in [6, 6.07) is 7.68. The van der Waals surface area contributed by atoms with Crippen molar-refractivity contribution in [2.45, 2.75) is 32.6 Å². The summed E-state index contributed by atoms with van der Waals surface area (Å²) in [5, 5.41) is 6.95. The normalized spacial score (nSPS) is 15.7. The van der Waals surface area contributed by atoms with Crippen molar-refractivity contribution in [1.29, 1.82) is 0 Å². The summed E-state index contributed by atoms with van der Waals surface area (Å²) < 4.78 is 4.93. The second kappa shape index (κ2) is 6.32. The van der Waals surface area contributed by atoms with Gasteiger partial charge in [0.15, 0.2) is 0 Å². The van der Waals surface area contributed by atoms with E-state index in [1.165, 1.54) is 11.1 Å². The minimum Gasteiger partial charge on any atom is -0.368 e. The van der Waals surface area contributed by atoms with Gasteiger partial charge in [0.05, 0.1) is 5.69 Å². The van der Waals surface area contributed by atoms with E-state index in [0.29, 0.717) is 24.9 Å². The molecule has 0 radical (unpaired) electrons. The largest absolute Gasteiger partial charge is 0.368 e. The fraction of sp³-hybridized carbons (Fsp3) is 0.412. The molecule has 6 heteroatoms. The first-order chi connectivity index (χ1) is 11.0. The monoisotopic (exact) mass is 314 g/mol. The van der Waals surface area contributed by atoms with Crippen LogP contribution in [0.5, 0.6) is 0 Å². The maximum atomic E-state index is 12.4. The zero-order chi connectivity index (χ0) is 16.4. The number of aromatic nitrogens is 1. The Balaban J connectivity index is 1.56. The standard InChI is InChI=1S/C17H22N4O2/c1-11-3-4-14(9-12(11)2)19-17(22)21-7-5-13(6-8-21)15-10-16(18)23-20-15/h3-4,9-10,13H,5-8,18H2,1-2H3,(H,19,22). The number of benzene rings is 1. The van der Waals surface area contributed by atoms with Crippen LogP contribution >= 0.6 is 0 Å². The molecule has 0 spiro atoms. The molecule has 0 atom stereocenters. The molecule has 6 nitrogen and oxygen atoms in total. The van der Waals surface area contributed by atoms with Crippen molar-refractivity contribution < 1.29 is 9.32 Å². The summed E-state index contributed by atoms with van der Waals surface area (Å²) in [6.45, 7) is 5.50. The van der Waals surface area contributed by atoms with E-state index in [1.807, 2.05) is 30.0 Å². The Morgan fingerprint density at radius 2 is 2.00 bits per heavy atom. The van der Waals surface area contributed by atoms with E-state index in [0.717, 1.165) is 24.2 Å². The van der Waals surface area contributed by atoms with E-state index in [4.69, 9.17) is 10.3 Å². The van der Waals surface area contributed by atoms with Gasteiger partial charge in [0.1, 0.15) is 0 Å². The van der Waals surface area contributed by atoms with Gasteiger partial charge < -0.3 is 20.5 Å². The molecule has 1 aromatic carbocycles. The predicted molar refractivity (Wildman–Crippen MR) is 89.4 cm³/mol. The average molecular weight is 314 g/mol. The number of nitrogens with zero attached hydrogens (tertiary/aromatic N) is 2. The van der Waals surface area contributed by atoms with Crippen LogP contribution in [0.4, 0.5) is 16.4 Å². The number of carbonyl (C=O) groups is 1. The SMILES string of the molecule is Cc1ccc(NC(=O)N2CCC(c3cc(N)on3)CC2)cc1C. The number of aryl methyl sites for hydroxylation is 2. The smallest absolute Gasteiger partial charge is 0.321 e. The molecular formula is C17H22N4O2. The number of anilines is 2. The van der Waals surface area contributed by atoms with Gasteiger partial charge in [0, 0.05) is 30.8 Å². The number of hydrogen-bond acceptors (Lipinski definition) is 4. The number of hydrogen-bond donors (Lipinski definition) is 2. The molecule has 1 aliphatic rings. The van der Waals surface area contributed by atoms with Gasteiger partial charge in [-0.25, -0.2) is 4.79 Å². The van der Waals surface area contributed by atoms with Crippen molar-refractivity contribution in [1.82, 2.24) is 10.1 Å². The van der Waals surface area contributed by atoms with E-state index >= 15 is 0 Å². The van der Waals surface area contributed by atoms with Crippen LogP contribution in [-0.4, -0.2) is 29.2 Å². The number of rotatable bonds is 2. The fourth-order valence-corrected chi connectivity index (χ4v) is 2.90. The zero-order valence-electron chi connectivity index (χ0n) is 13.5. The van der Waals surface area contributed by atoms with Crippen LogP contribution in [0.1, 0.15) is 35.6 Å². The minimum absolute atomic E-state index is 0.0497. The minimum atomic E-state index is -0.0497. The number of carbonyl (C=O) groups excluding carboxylic acids is 1.